The Morgan fingerprint density at radius 3 is 2.33 bits per heavy atom. The van der Waals surface area contributed by atoms with E-state index in [1.807, 2.05) is 0 Å². The zero-order valence-electron chi connectivity index (χ0n) is 10.8. The van der Waals surface area contributed by atoms with E-state index in [0.717, 1.165) is 11.0 Å². The molecule has 0 saturated carbocycles. The van der Waals surface area contributed by atoms with Crippen LogP contribution in [0.1, 0.15) is 23.2 Å². The van der Waals surface area contributed by atoms with E-state index in [1.165, 1.54) is 12.1 Å². The van der Waals surface area contributed by atoms with Crippen LogP contribution in [0.3, 0.4) is 0 Å². The number of rotatable bonds is 1. The number of hydrogen-bond donors (Lipinski definition) is 1. The van der Waals surface area contributed by atoms with Crippen LogP contribution in [0.15, 0.2) is 18.2 Å². The molecule has 21 heavy (non-hydrogen) atoms. The second kappa shape index (κ2) is 5.46. The molecule has 1 aromatic rings. The average molecular weight is 326 g/mol. The number of benzene rings is 1. The normalized spacial score (nSPS) is 18.7. The predicted molar refractivity (Wildman–Crippen MR) is 67.6 cm³/mol. The Kier molecular flexibility index (Phi) is 4.17. The SMILES string of the molecule is O=C(c1c(F)cccc1Cl)N1CCC(O)(C(F)(F)F)CC1. The fourth-order valence-electron chi connectivity index (χ4n) is 2.22. The number of hydrogen-bond acceptors (Lipinski definition) is 2. The molecular formula is C13H12ClF4NO2. The molecule has 3 nitrogen and oxygen atoms in total. The summed E-state index contributed by atoms with van der Waals surface area (Å²) < 4.78 is 51.6. The smallest absolute Gasteiger partial charge is 0.380 e. The van der Waals surface area contributed by atoms with Gasteiger partial charge in [0.1, 0.15) is 5.82 Å². The lowest BCUT2D eigenvalue weighted by molar-refractivity contribution is -0.271. The van der Waals surface area contributed by atoms with Gasteiger partial charge in [0, 0.05) is 25.9 Å². The number of nitrogens with zero attached hydrogens (tertiary/aromatic N) is 1. The molecule has 0 unspecified atom stereocenters. The molecule has 0 bridgehead atoms. The van der Waals surface area contributed by atoms with Gasteiger partial charge in [-0.1, -0.05) is 17.7 Å². The largest absolute Gasteiger partial charge is 0.417 e. The minimum atomic E-state index is -4.75. The molecule has 0 spiro atoms. The summed E-state index contributed by atoms with van der Waals surface area (Å²) in [6.07, 6.45) is -6.04. The van der Waals surface area contributed by atoms with Gasteiger partial charge in [0.05, 0.1) is 10.6 Å². The third-order valence-electron chi connectivity index (χ3n) is 3.58. The average Bonchev–Trinajstić information content (AvgIpc) is 2.38. The first-order chi connectivity index (χ1) is 9.66. The van der Waals surface area contributed by atoms with E-state index in [9.17, 15) is 27.5 Å². The molecule has 0 atom stereocenters. The van der Waals surface area contributed by atoms with E-state index >= 15 is 0 Å². The molecule has 1 aliphatic heterocycles. The molecule has 0 aromatic heterocycles. The monoisotopic (exact) mass is 325 g/mol. The summed E-state index contributed by atoms with van der Waals surface area (Å²) in [6.45, 7) is -0.640. The van der Waals surface area contributed by atoms with Crippen molar-refractivity contribution in [2.75, 3.05) is 13.1 Å². The lowest BCUT2D eigenvalue weighted by Crippen LogP contribution is -2.54. The fraction of sp³-hybridized carbons (Fsp3) is 0.462. The molecular weight excluding hydrogens is 314 g/mol. The molecule has 116 valence electrons. The van der Waals surface area contributed by atoms with Crippen LogP contribution in [0, 0.1) is 5.82 Å². The van der Waals surface area contributed by atoms with Gasteiger partial charge in [-0.15, -0.1) is 0 Å². The molecule has 1 fully saturated rings. The minimum absolute atomic E-state index is 0.100. The van der Waals surface area contributed by atoms with Gasteiger partial charge < -0.3 is 10.0 Å². The summed E-state index contributed by atoms with van der Waals surface area (Å²) in [6, 6.07) is 3.70. The summed E-state index contributed by atoms with van der Waals surface area (Å²) in [5.74, 6) is -1.61. The lowest BCUT2D eigenvalue weighted by atomic mass is 9.90. The summed E-state index contributed by atoms with van der Waals surface area (Å²) in [4.78, 5) is 13.2. The standard InChI is InChI=1S/C13H12ClF4NO2/c14-8-2-1-3-9(15)10(8)11(20)19-6-4-12(21,5-7-19)13(16,17)18/h1-3,21H,4-7H2. The molecule has 2 rings (SSSR count). The van der Waals surface area contributed by atoms with E-state index in [4.69, 9.17) is 11.6 Å². The fourth-order valence-corrected chi connectivity index (χ4v) is 2.47. The Morgan fingerprint density at radius 2 is 1.86 bits per heavy atom. The maximum absolute atomic E-state index is 13.6. The van der Waals surface area contributed by atoms with Crippen molar-refractivity contribution in [3.05, 3.63) is 34.6 Å². The molecule has 1 aliphatic rings. The number of carbonyl (C=O) groups is 1. The van der Waals surface area contributed by atoms with Crippen molar-refractivity contribution < 1.29 is 27.5 Å². The van der Waals surface area contributed by atoms with Gasteiger partial charge in [-0.05, 0) is 12.1 Å². The van der Waals surface area contributed by atoms with Gasteiger partial charge in [0.25, 0.3) is 5.91 Å². The van der Waals surface area contributed by atoms with Gasteiger partial charge >= 0.3 is 6.18 Å². The zero-order chi connectivity index (χ0) is 15.8. The highest BCUT2D eigenvalue weighted by Crippen LogP contribution is 2.38. The van der Waals surface area contributed by atoms with Gasteiger partial charge in [-0.2, -0.15) is 13.2 Å². The number of carbonyl (C=O) groups excluding carboxylic acids is 1. The van der Waals surface area contributed by atoms with Crippen molar-refractivity contribution in [3.63, 3.8) is 0 Å². The predicted octanol–water partition coefficient (Wildman–Crippen LogP) is 3.01. The van der Waals surface area contributed by atoms with Gasteiger partial charge in [0.15, 0.2) is 5.60 Å². The summed E-state index contributed by atoms with van der Waals surface area (Å²) >= 11 is 5.76. The van der Waals surface area contributed by atoms with Crippen molar-refractivity contribution in [2.45, 2.75) is 24.6 Å². The number of halogens is 5. The number of aliphatic hydroxyl groups is 1. The Balaban J connectivity index is 2.15. The Hall–Kier alpha value is -1.34. The summed E-state index contributed by atoms with van der Waals surface area (Å²) in [7, 11) is 0. The van der Waals surface area contributed by atoms with E-state index in [1.54, 1.807) is 0 Å². The Bertz CT molecular complexity index is 533. The molecule has 1 heterocycles. The molecule has 0 radical (unpaired) electrons. The van der Waals surface area contributed by atoms with Crippen LogP contribution in [0.4, 0.5) is 17.6 Å². The van der Waals surface area contributed by atoms with E-state index in [2.05, 4.69) is 0 Å². The van der Waals surface area contributed by atoms with Crippen LogP contribution in [-0.2, 0) is 0 Å². The van der Waals surface area contributed by atoms with Crippen molar-refractivity contribution in [1.82, 2.24) is 4.90 Å². The minimum Gasteiger partial charge on any atom is -0.380 e. The van der Waals surface area contributed by atoms with Crippen LogP contribution in [-0.4, -0.2) is 40.8 Å². The maximum Gasteiger partial charge on any atom is 0.417 e. The number of likely N-dealkylation sites (tertiary alicyclic amines) is 1. The summed E-state index contributed by atoms with van der Waals surface area (Å²) in [5, 5.41) is 9.42. The molecule has 0 aliphatic carbocycles. The number of piperidine rings is 1. The second-order valence-corrected chi connectivity index (χ2v) is 5.33. The number of alkyl halides is 3. The molecule has 1 saturated heterocycles. The van der Waals surface area contributed by atoms with Gasteiger partial charge in [0.2, 0.25) is 0 Å². The van der Waals surface area contributed by atoms with E-state index < -0.39 is 36.3 Å². The van der Waals surface area contributed by atoms with Gasteiger partial charge in [-0.25, -0.2) is 4.39 Å². The molecule has 8 heteroatoms. The third-order valence-corrected chi connectivity index (χ3v) is 3.90. The first kappa shape index (κ1) is 16.0. The highest BCUT2D eigenvalue weighted by molar-refractivity contribution is 6.33. The van der Waals surface area contributed by atoms with Gasteiger partial charge in [-0.3, -0.25) is 4.79 Å². The second-order valence-electron chi connectivity index (χ2n) is 4.92. The van der Waals surface area contributed by atoms with Crippen LogP contribution < -0.4 is 0 Å². The molecule has 1 amide bonds. The van der Waals surface area contributed by atoms with Crippen molar-refractivity contribution in [2.24, 2.45) is 0 Å². The van der Waals surface area contributed by atoms with Crippen molar-refractivity contribution in [3.8, 4) is 0 Å². The molecule has 1 N–H and O–H groups in total. The first-order valence-corrected chi connectivity index (χ1v) is 6.56. The van der Waals surface area contributed by atoms with Crippen LogP contribution in [0.2, 0.25) is 5.02 Å². The maximum atomic E-state index is 13.6. The quantitative estimate of drug-likeness (QED) is 0.806. The Labute approximate surface area is 123 Å². The third kappa shape index (κ3) is 2.98. The zero-order valence-corrected chi connectivity index (χ0v) is 11.5. The van der Waals surface area contributed by atoms with E-state index in [0.29, 0.717) is 0 Å². The van der Waals surface area contributed by atoms with Crippen LogP contribution in [0.5, 0.6) is 0 Å². The lowest BCUT2D eigenvalue weighted by Gasteiger charge is -2.39. The van der Waals surface area contributed by atoms with Crippen molar-refractivity contribution in [1.29, 1.82) is 0 Å². The first-order valence-electron chi connectivity index (χ1n) is 6.18. The van der Waals surface area contributed by atoms with Crippen molar-refractivity contribution >= 4 is 17.5 Å². The van der Waals surface area contributed by atoms with Crippen LogP contribution >= 0.6 is 11.6 Å². The highest BCUT2D eigenvalue weighted by atomic mass is 35.5. The molecule has 1 aromatic carbocycles. The number of amides is 1. The van der Waals surface area contributed by atoms with Crippen LogP contribution in [0.25, 0.3) is 0 Å². The topological polar surface area (TPSA) is 40.5 Å². The summed E-state index contributed by atoms with van der Waals surface area (Å²) in [5.41, 5.74) is -3.17. The van der Waals surface area contributed by atoms with E-state index in [-0.39, 0.29) is 23.7 Å². The highest BCUT2D eigenvalue weighted by Gasteiger charge is 2.55. The Morgan fingerprint density at radius 1 is 1.29 bits per heavy atom.